The predicted octanol–water partition coefficient (Wildman–Crippen LogP) is 2.23. The lowest BCUT2D eigenvalue weighted by atomic mass is 10.1. The van der Waals surface area contributed by atoms with Crippen LogP contribution in [0.1, 0.15) is 21.5 Å². The van der Waals surface area contributed by atoms with E-state index in [0.717, 1.165) is 5.56 Å². The fraction of sp³-hybridized carbons (Fsp3) is 0.158. The summed E-state index contributed by atoms with van der Waals surface area (Å²) in [6.45, 7) is 0.245. The van der Waals surface area contributed by atoms with Gasteiger partial charge in [0.25, 0.3) is 12.2 Å². The number of amides is 2. The first-order valence-corrected chi connectivity index (χ1v) is 8.89. The largest absolute Gasteiger partial charge is 0.508 e. The molecular weight excluding hydrogens is 398 g/mol. The van der Waals surface area contributed by atoms with Crippen molar-refractivity contribution in [2.45, 2.75) is 12.8 Å². The van der Waals surface area contributed by atoms with Gasteiger partial charge >= 0.3 is 12.2 Å². The second-order valence-corrected chi connectivity index (χ2v) is 6.54. The Balaban J connectivity index is 1.56. The van der Waals surface area contributed by atoms with Crippen LogP contribution >= 0.6 is 12.2 Å². The van der Waals surface area contributed by atoms with Crippen LogP contribution in [0.5, 0.6) is 0 Å². The van der Waals surface area contributed by atoms with Gasteiger partial charge in [-0.1, -0.05) is 36.5 Å². The molecule has 2 aromatic carbocycles. The van der Waals surface area contributed by atoms with Crippen molar-refractivity contribution in [3.05, 3.63) is 65.2 Å². The first-order chi connectivity index (χ1) is 13.8. The number of nitrogens with one attached hydrogen (secondary N) is 1. The maximum atomic E-state index is 12.2. The van der Waals surface area contributed by atoms with Crippen molar-refractivity contribution in [2.75, 3.05) is 11.4 Å². The van der Waals surface area contributed by atoms with Crippen molar-refractivity contribution in [3.8, 4) is 0 Å². The van der Waals surface area contributed by atoms with E-state index in [2.05, 4.69) is 10.1 Å². The molecule has 150 valence electrons. The number of hydrogen-bond acceptors (Lipinski definition) is 6. The molecule has 0 bridgehead atoms. The lowest BCUT2D eigenvalue weighted by Crippen LogP contribution is -2.26. The third-order valence-corrected chi connectivity index (χ3v) is 4.38. The SMILES string of the molecule is NC(=S)c1ccc(C(=O)NCc2ccc(N3CC(OC(=O)O)OC3=O)cc2)cc1. The summed E-state index contributed by atoms with van der Waals surface area (Å²) in [6, 6.07) is 13.5. The zero-order valence-corrected chi connectivity index (χ0v) is 15.8. The van der Waals surface area contributed by atoms with Gasteiger partial charge in [-0.2, -0.15) is 0 Å². The van der Waals surface area contributed by atoms with E-state index in [4.69, 9.17) is 27.8 Å². The van der Waals surface area contributed by atoms with Crippen LogP contribution < -0.4 is 16.0 Å². The van der Waals surface area contributed by atoms with Crippen LogP contribution in [0.3, 0.4) is 0 Å². The highest BCUT2D eigenvalue weighted by Gasteiger charge is 2.34. The molecule has 29 heavy (non-hydrogen) atoms. The molecule has 0 spiro atoms. The highest BCUT2D eigenvalue weighted by atomic mass is 32.1. The zero-order valence-electron chi connectivity index (χ0n) is 15.0. The van der Waals surface area contributed by atoms with Gasteiger partial charge in [-0.25, -0.2) is 9.59 Å². The van der Waals surface area contributed by atoms with E-state index in [1.54, 1.807) is 48.5 Å². The van der Waals surface area contributed by atoms with Crippen molar-refractivity contribution < 1.29 is 29.0 Å². The summed E-state index contributed by atoms with van der Waals surface area (Å²) in [5.41, 5.74) is 8.03. The molecule has 0 saturated carbocycles. The molecule has 2 amide bonds. The van der Waals surface area contributed by atoms with Gasteiger partial charge in [0.15, 0.2) is 0 Å². The minimum Gasteiger partial charge on any atom is -0.450 e. The Hall–Kier alpha value is -3.66. The van der Waals surface area contributed by atoms with Gasteiger partial charge in [-0.3, -0.25) is 9.69 Å². The Morgan fingerprint density at radius 1 is 1.17 bits per heavy atom. The molecule has 1 fully saturated rings. The fourth-order valence-corrected chi connectivity index (χ4v) is 2.82. The topological polar surface area (TPSA) is 131 Å². The van der Waals surface area contributed by atoms with Crippen molar-refractivity contribution in [3.63, 3.8) is 0 Å². The number of ether oxygens (including phenoxy) is 2. The third kappa shape index (κ3) is 4.99. The summed E-state index contributed by atoms with van der Waals surface area (Å²) in [4.78, 5) is 36.2. The standard InChI is InChI=1S/C19H17N3O6S/c20-16(29)12-3-5-13(6-4-12)17(23)21-9-11-1-7-14(8-2-11)22-10-15(27-18(22)24)28-19(25)26/h1-8,15H,9-10H2,(H2,20,29)(H,21,23)(H,25,26). The summed E-state index contributed by atoms with van der Waals surface area (Å²) < 4.78 is 9.29. The summed E-state index contributed by atoms with van der Waals surface area (Å²) in [5, 5.41) is 11.4. The molecule has 1 unspecified atom stereocenters. The van der Waals surface area contributed by atoms with Gasteiger partial charge in [0.2, 0.25) is 0 Å². The van der Waals surface area contributed by atoms with E-state index in [-0.39, 0.29) is 24.0 Å². The molecular formula is C19H17N3O6S. The van der Waals surface area contributed by atoms with Crippen LogP contribution in [0.4, 0.5) is 15.3 Å². The Kier molecular flexibility index (Phi) is 5.93. The molecule has 9 nitrogen and oxygen atoms in total. The smallest absolute Gasteiger partial charge is 0.450 e. The van der Waals surface area contributed by atoms with Gasteiger partial charge in [-0.05, 0) is 29.8 Å². The number of hydrogen-bond donors (Lipinski definition) is 3. The quantitative estimate of drug-likeness (QED) is 0.483. The second kappa shape index (κ2) is 8.57. The number of carboxylic acid groups (broad SMARTS) is 1. The number of rotatable bonds is 6. The molecule has 1 aliphatic heterocycles. The molecule has 1 aliphatic rings. The molecule has 1 atom stereocenters. The monoisotopic (exact) mass is 415 g/mol. The van der Waals surface area contributed by atoms with Crippen LogP contribution in [0.2, 0.25) is 0 Å². The maximum Gasteiger partial charge on any atom is 0.508 e. The summed E-state index contributed by atoms with van der Waals surface area (Å²) in [7, 11) is 0. The summed E-state index contributed by atoms with van der Waals surface area (Å²) in [5.74, 6) is -0.250. The molecule has 3 rings (SSSR count). The van der Waals surface area contributed by atoms with E-state index in [0.29, 0.717) is 16.8 Å². The number of nitrogens with two attached hydrogens (primary N) is 1. The fourth-order valence-electron chi connectivity index (χ4n) is 2.69. The maximum absolute atomic E-state index is 12.2. The van der Waals surface area contributed by atoms with Crippen LogP contribution in [-0.2, 0) is 16.0 Å². The first kappa shape index (κ1) is 20.1. The number of anilines is 1. The van der Waals surface area contributed by atoms with Crippen LogP contribution in [0.25, 0.3) is 0 Å². The van der Waals surface area contributed by atoms with E-state index in [1.165, 1.54) is 4.90 Å². The molecule has 2 aromatic rings. The summed E-state index contributed by atoms with van der Waals surface area (Å²) >= 11 is 4.88. The minimum absolute atomic E-state index is 0.0382. The molecule has 10 heteroatoms. The lowest BCUT2D eigenvalue weighted by Gasteiger charge is -2.13. The van der Waals surface area contributed by atoms with Crippen molar-refractivity contribution in [1.29, 1.82) is 0 Å². The number of carbonyl (C=O) groups excluding carboxylic acids is 2. The van der Waals surface area contributed by atoms with Crippen molar-refractivity contribution in [2.24, 2.45) is 5.73 Å². The Bertz CT molecular complexity index is 945. The van der Waals surface area contributed by atoms with Crippen molar-refractivity contribution in [1.82, 2.24) is 5.32 Å². The zero-order chi connectivity index (χ0) is 21.0. The average Bonchev–Trinajstić information content (AvgIpc) is 3.05. The van der Waals surface area contributed by atoms with Crippen LogP contribution in [0.15, 0.2) is 48.5 Å². The molecule has 1 heterocycles. The Morgan fingerprint density at radius 3 is 2.38 bits per heavy atom. The third-order valence-electron chi connectivity index (χ3n) is 4.15. The number of cyclic esters (lactones) is 1. The van der Waals surface area contributed by atoms with Gasteiger partial charge in [0.1, 0.15) is 11.5 Å². The highest BCUT2D eigenvalue weighted by Crippen LogP contribution is 2.22. The number of nitrogens with zero attached hydrogens (tertiary/aromatic N) is 1. The minimum atomic E-state index is -1.52. The average molecular weight is 415 g/mol. The first-order valence-electron chi connectivity index (χ1n) is 8.48. The van der Waals surface area contributed by atoms with E-state index < -0.39 is 18.5 Å². The van der Waals surface area contributed by atoms with Crippen LogP contribution in [0, 0.1) is 0 Å². The van der Waals surface area contributed by atoms with Gasteiger partial charge < -0.3 is 25.6 Å². The van der Waals surface area contributed by atoms with Gasteiger partial charge in [0, 0.05) is 23.4 Å². The lowest BCUT2D eigenvalue weighted by molar-refractivity contribution is -0.0491. The van der Waals surface area contributed by atoms with Gasteiger partial charge in [0.05, 0.1) is 0 Å². The predicted molar refractivity (Wildman–Crippen MR) is 107 cm³/mol. The number of thiocarbonyl (C=S) groups is 1. The van der Waals surface area contributed by atoms with Crippen LogP contribution in [-0.4, -0.2) is 41.1 Å². The number of benzene rings is 2. The Morgan fingerprint density at radius 2 is 1.79 bits per heavy atom. The molecule has 1 saturated heterocycles. The molecule has 0 radical (unpaired) electrons. The second-order valence-electron chi connectivity index (χ2n) is 6.10. The summed E-state index contributed by atoms with van der Waals surface area (Å²) in [6.07, 6.45) is -3.38. The molecule has 4 N–H and O–H groups in total. The van der Waals surface area contributed by atoms with Crippen molar-refractivity contribution >= 4 is 41.0 Å². The van der Waals surface area contributed by atoms with E-state index >= 15 is 0 Å². The number of carbonyl (C=O) groups is 3. The van der Waals surface area contributed by atoms with E-state index in [9.17, 15) is 14.4 Å². The van der Waals surface area contributed by atoms with E-state index in [1.807, 2.05) is 0 Å². The Labute approximate surface area is 171 Å². The van der Waals surface area contributed by atoms with Gasteiger partial charge in [-0.15, -0.1) is 0 Å². The molecule has 0 aliphatic carbocycles. The highest BCUT2D eigenvalue weighted by molar-refractivity contribution is 7.80. The molecule has 0 aromatic heterocycles. The normalized spacial score (nSPS) is 15.5.